The van der Waals surface area contributed by atoms with E-state index in [1.54, 1.807) is 4.90 Å². The van der Waals surface area contributed by atoms with Crippen LogP contribution in [0.2, 0.25) is 0 Å². The van der Waals surface area contributed by atoms with Crippen LogP contribution in [0.1, 0.15) is 49.1 Å². The van der Waals surface area contributed by atoms with Crippen molar-refractivity contribution in [3.8, 4) is 11.1 Å². The summed E-state index contributed by atoms with van der Waals surface area (Å²) in [6.07, 6.45) is 1.27. The van der Waals surface area contributed by atoms with Gasteiger partial charge in [0.05, 0.1) is 6.04 Å². The number of carbonyl (C=O) groups is 3. The number of carboxylic acid groups (broad SMARTS) is 1. The number of nitrogens with one attached hydrogen (secondary N) is 1. The van der Waals surface area contributed by atoms with Crippen molar-refractivity contribution in [2.75, 3.05) is 19.8 Å². The molecular formula is C27H30N2O6. The zero-order chi connectivity index (χ0) is 24.4. The zero-order valence-corrected chi connectivity index (χ0v) is 19.5. The number of aliphatic carboxylic acids is 1. The van der Waals surface area contributed by atoms with Gasteiger partial charge < -0.3 is 24.8 Å². The lowest BCUT2D eigenvalue weighted by Gasteiger charge is -2.29. The van der Waals surface area contributed by atoms with Crippen molar-refractivity contribution in [1.82, 2.24) is 10.2 Å². The second kappa shape index (κ2) is 10.1. The summed E-state index contributed by atoms with van der Waals surface area (Å²) in [5, 5.41) is 11.8. The van der Waals surface area contributed by atoms with Crippen LogP contribution in [0, 0.1) is 0 Å². The van der Waals surface area contributed by atoms with Gasteiger partial charge in [0.2, 0.25) is 0 Å². The number of amides is 2. The molecular weight excluding hydrogens is 448 g/mol. The summed E-state index contributed by atoms with van der Waals surface area (Å²) in [6, 6.07) is 15.7. The minimum Gasteiger partial charge on any atom is -0.481 e. The van der Waals surface area contributed by atoms with Gasteiger partial charge in [-0.15, -0.1) is 0 Å². The monoisotopic (exact) mass is 478 g/mol. The van der Waals surface area contributed by atoms with Crippen LogP contribution in [-0.2, 0) is 19.1 Å². The highest BCUT2D eigenvalue weighted by atomic mass is 16.6. The quantitative estimate of drug-likeness (QED) is 0.631. The van der Waals surface area contributed by atoms with Crippen molar-refractivity contribution in [3.63, 3.8) is 0 Å². The summed E-state index contributed by atoms with van der Waals surface area (Å²) in [7, 11) is 0. The molecule has 5 rings (SSSR count). The van der Waals surface area contributed by atoms with E-state index in [4.69, 9.17) is 14.6 Å². The average Bonchev–Trinajstić information content (AvgIpc) is 3.59. The lowest BCUT2D eigenvalue weighted by molar-refractivity contribution is -0.144. The van der Waals surface area contributed by atoms with Gasteiger partial charge >= 0.3 is 12.1 Å². The molecule has 0 aromatic heterocycles. The third-order valence-electron chi connectivity index (χ3n) is 7.33. The third kappa shape index (κ3) is 4.75. The number of likely N-dealkylation sites (tertiary alicyclic amines) is 1. The normalized spacial score (nSPS) is 23.1. The maximum atomic E-state index is 13.2. The van der Waals surface area contributed by atoms with Gasteiger partial charge in [-0.1, -0.05) is 48.5 Å². The highest BCUT2D eigenvalue weighted by Crippen LogP contribution is 2.44. The van der Waals surface area contributed by atoms with Crippen LogP contribution in [0.15, 0.2) is 48.5 Å². The van der Waals surface area contributed by atoms with E-state index < -0.39 is 24.2 Å². The molecule has 0 saturated carbocycles. The number of hydrogen-bond donors (Lipinski definition) is 2. The van der Waals surface area contributed by atoms with Gasteiger partial charge in [0, 0.05) is 31.5 Å². The molecule has 2 aromatic rings. The number of fused-ring (bicyclic) bond motifs is 3. The Morgan fingerprint density at radius 3 is 2.40 bits per heavy atom. The maximum absolute atomic E-state index is 13.2. The molecule has 0 bridgehead atoms. The van der Waals surface area contributed by atoms with Gasteiger partial charge in [-0.2, -0.15) is 0 Å². The van der Waals surface area contributed by atoms with E-state index in [2.05, 4.69) is 29.6 Å². The first-order valence-corrected chi connectivity index (χ1v) is 12.3. The molecule has 35 heavy (non-hydrogen) atoms. The maximum Gasteiger partial charge on any atom is 0.407 e. The van der Waals surface area contributed by atoms with Gasteiger partial charge in [-0.3, -0.25) is 9.59 Å². The predicted molar refractivity (Wildman–Crippen MR) is 128 cm³/mol. The van der Waals surface area contributed by atoms with Crippen LogP contribution in [0.3, 0.4) is 0 Å². The number of benzene rings is 2. The Morgan fingerprint density at radius 2 is 1.71 bits per heavy atom. The van der Waals surface area contributed by atoms with Crippen LogP contribution >= 0.6 is 0 Å². The second-order valence-corrected chi connectivity index (χ2v) is 9.42. The number of ether oxygens (including phenoxy) is 2. The number of nitrogens with zero attached hydrogens (tertiary/aromatic N) is 1. The number of rotatable bonds is 7. The van der Waals surface area contributed by atoms with Crippen LogP contribution in [-0.4, -0.2) is 65.9 Å². The number of hydrogen-bond acceptors (Lipinski definition) is 5. The largest absolute Gasteiger partial charge is 0.481 e. The molecule has 0 spiro atoms. The predicted octanol–water partition coefficient (Wildman–Crippen LogP) is 3.54. The topological polar surface area (TPSA) is 105 Å². The Morgan fingerprint density at radius 1 is 1.03 bits per heavy atom. The molecule has 1 unspecified atom stereocenters. The van der Waals surface area contributed by atoms with Crippen molar-refractivity contribution < 1.29 is 29.0 Å². The molecule has 2 amide bonds. The fourth-order valence-electron chi connectivity index (χ4n) is 5.65. The molecule has 2 saturated heterocycles. The molecule has 2 aromatic carbocycles. The van der Waals surface area contributed by atoms with Gasteiger partial charge in [-0.25, -0.2) is 4.79 Å². The Kier molecular flexibility index (Phi) is 6.72. The smallest absolute Gasteiger partial charge is 0.407 e. The standard InChI is InChI=1S/C27H30N2O6/c30-24(31)12-11-17-6-5-14-29(17)26(32)25-23(13-15-34-25)28-27(33)35-16-22-20-9-3-1-7-18(20)19-8-2-4-10-21(19)22/h1-4,7-10,17,22-23,25H,5-6,11-16H2,(H,28,33)(H,30,31)/t17?,23-,25+/m1/s1. The first kappa shape index (κ1) is 23.4. The summed E-state index contributed by atoms with van der Waals surface area (Å²) in [5.41, 5.74) is 4.60. The first-order valence-electron chi connectivity index (χ1n) is 12.3. The summed E-state index contributed by atoms with van der Waals surface area (Å²) in [5.74, 6) is -1.08. The molecule has 2 fully saturated rings. The molecule has 3 aliphatic rings. The fourth-order valence-corrected chi connectivity index (χ4v) is 5.65. The van der Waals surface area contributed by atoms with E-state index in [0.29, 0.717) is 26.0 Å². The van der Waals surface area contributed by atoms with E-state index in [9.17, 15) is 14.4 Å². The highest BCUT2D eigenvalue weighted by molar-refractivity contribution is 5.84. The molecule has 8 nitrogen and oxygen atoms in total. The summed E-state index contributed by atoms with van der Waals surface area (Å²) < 4.78 is 11.4. The Labute approximate surface area is 204 Å². The van der Waals surface area contributed by atoms with Crippen molar-refractivity contribution in [1.29, 1.82) is 0 Å². The second-order valence-electron chi connectivity index (χ2n) is 9.42. The molecule has 8 heteroatoms. The fraction of sp³-hybridized carbons (Fsp3) is 0.444. The van der Waals surface area contributed by atoms with E-state index in [0.717, 1.165) is 35.1 Å². The lowest BCUT2D eigenvalue weighted by Crippen LogP contribution is -2.51. The summed E-state index contributed by atoms with van der Waals surface area (Å²) >= 11 is 0. The van der Waals surface area contributed by atoms with Crippen molar-refractivity contribution in [3.05, 3.63) is 59.7 Å². The Balaban J connectivity index is 1.20. The van der Waals surface area contributed by atoms with Crippen LogP contribution < -0.4 is 5.32 Å². The minimum absolute atomic E-state index is 0.0292. The van der Waals surface area contributed by atoms with Gasteiger partial charge in [-0.05, 0) is 47.9 Å². The van der Waals surface area contributed by atoms with Gasteiger partial charge in [0.15, 0.2) is 6.10 Å². The van der Waals surface area contributed by atoms with Crippen LogP contribution in [0.4, 0.5) is 4.79 Å². The van der Waals surface area contributed by atoms with Gasteiger partial charge in [0.1, 0.15) is 6.61 Å². The lowest BCUT2D eigenvalue weighted by atomic mass is 9.98. The highest BCUT2D eigenvalue weighted by Gasteiger charge is 2.41. The van der Waals surface area contributed by atoms with Crippen LogP contribution in [0.25, 0.3) is 11.1 Å². The Bertz CT molecular complexity index is 1070. The number of carboxylic acids is 1. The summed E-state index contributed by atoms with van der Waals surface area (Å²) in [6.45, 7) is 1.16. The average molecular weight is 479 g/mol. The van der Waals surface area contributed by atoms with Crippen molar-refractivity contribution in [2.45, 2.75) is 56.2 Å². The SMILES string of the molecule is O=C(O)CCC1CCCN1C(=O)[C@H]1OCC[C@H]1NC(=O)OCC1c2ccccc2-c2ccccc21. The van der Waals surface area contributed by atoms with E-state index in [-0.39, 0.29) is 30.9 Å². The molecule has 1 aliphatic carbocycles. The molecule has 2 aliphatic heterocycles. The number of carbonyl (C=O) groups excluding carboxylic acids is 2. The molecule has 2 N–H and O–H groups in total. The molecule has 0 radical (unpaired) electrons. The van der Waals surface area contributed by atoms with E-state index in [1.165, 1.54) is 0 Å². The van der Waals surface area contributed by atoms with Crippen molar-refractivity contribution >= 4 is 18.0 Å². The first-order chi connectivity index (χ1) is 17.0. The molecule has 184 valence electrons. The molecule has 3 atom stereocenters. The van der Waals surface area contributed by atoms with Crippen molar-refractivity contribution in [2.24, 2.45) is 0 Å². The molecule has 2 heterocycles. The minimum atomic E-state index is -0.865. The third-order valence-corrected chi connectivity index (χ3v) is 7.33. The zero-order valence-electron chi connectivity index (χ0n) is 19.5. The van der Waals surface area contributed by atoms with Gasteiger partial charge in [0.25, 0.3) is 5.91 Å². The Hall–Kier alpha value is -3.39. The summed E-state index contributed by atoms with van der Waals surface area (Å²) in [4.78, 5) is 38.6. The number of alkyl carbamates (subject to hydrolysis) is 1. The van der Waals surface area contributed by atoms with Crippen LogP contribution in [0.5, 0.6) is 0 Å². The van der Waals surface area contributed by atoms with E-state index >= 15 is 0 Å². The van der Waals surface area contributed by atoms with E-state index in [1.807, 2.05) is 24.3 Å².